The second kappa shape index (κ2) is 8.10. The molecule has 1 N–H and O–H groups in total. The van der Waals surface area contributed by atoms with Crippen LogP contribution in [0.2, 0.25) is 0 Å². The zero-order chi connectivity index (χ0) is 20.3. The van der Waals surface area contributed by atoms with Crippen LogP contribution in [0.3, 0.4) is 0 Å². The Labute approximate surface area is 169 Å². The van der Waals surface area contributed by atoms with Crippen LogP contribution in [0.25, 0.3) is 16.9 Å². The molecule has 0 aliphatic heterocycles. The molecule has 2 aromatic heterocycles. The van der Waals surface area contributed by atoms with Crippen molar-refractivity contribution in [1.29, 1.82) is 0 Å². The summed E-state index contributed by atoms with van der Waals surface area (Å²) >= 11 is 0. The van der Waals surface area contributed by atoms with E-state index in [1.54, 1.807) is 34.9 Å². The number of fused-ring (bicyclic) bond motifs is 1. The number of para-hydroxylation sites is 2. The molecule has 2 aromatic carbocycles. The average Bonchev–Trinajstić information content (AvgIpc) is 3.21. The molecule has 2 heterocycles. The summed E-state index contributed by atoms with van der Waals surface area (Å²) < 4.78 is 31.5. The minimum atomic E-state index is -3.67. The quantitative estimate of drug-likeness (QED) is 0.486. The van der Waals surface area contributed by atoms with E-state index in [9.17, 15) is 8.76 Å². The van der Waals surface area contributed by atoms with Crippen LogP contribution in [-0.2, 0) is 16.6 Å². The summed E-state index contributed by atoms with van der Waals surface area (Å²) in [6.45, 7) is 3.03. The molecule has 4 aromatic rings. The summed E-state index contributed by atoms with van der Waals surface area (Å²) in [5, 5.41) is 0. The largest absolute Gasteiger partial charge is 0.296 e. The number of rotatable bonds is 6. The van der Waals surface area contributed by atoms with E-state index < -0.39 is 10.0 Å². The van der Waals surface area contributed by atoms with Crippen LogP contribution < -0.4 is 4.57 Å². The van der Waals surface area contributed by atoms with Gasteiger partial charge in [-0.15, -0.1) is 4.36 Å². The van der Waals surface area contributed by atoms with Crippen molar-refractivity contribution in [2.24, 2.45) is 4.36 Å². The molecule has 148 valence electrons. The molecule has 1 unspecified atom stereocenters. The molecule has 0 radical (unpaired) electrons. The van der Waals surface area contributed by atoms with Gasteiger partial charge in [0.2, 0.25) is 12.1 Å². The molecule has 0 saturated carbocycles. The topological polar surface area (TPSA) is 84.3 Å². The van der Waals surface area contributed by atoms with E-state index in [1.807, 2.05) is 43.0 Å². The summed E-state index contributed by atoms with van der Waals surface area (Å²) in [6, 6.07) is 15.8. The first-order valence-corrected chi connectivity index (χ1v) is 10.9. The van der Waals surface area contributed by atoms with Gasteiger partial charge < -0.3 is 0 Å². The molecule has 7 nitrogen and oxygen atoms in total. The molecule has 8 heteroatoms. The fourth-order valence-corrected chi connectivity index (χ4v) is 3.95. The smallest absolute Gasteiger partial charge is 0.272 e. The molecule has 0 fully saturated rings. The molecular formula is C21H22N5O2S+. The normalized spacial score (nSPS) is 13.3. The van der Waals surface area contributed by atoms with Crippen LogP contribution in [0.5, 0.6) is 0 Å². The summed E-state index contributed by atoms with van der Waals surface area (Å²) in [5.74, 6) is 0.537. The van der Waals surface area contributed by atoms with Crippen molar-refractivity contribution in [3.63, 3.8) is 0 Å². The lowest BCUT2D eigenvalue weighted by Gasteiger charge is -2.06. The predicted octanol–water partition coefficient (Wildman–Crippen LogP) is 4.14. The van der Waals surface area contributed by atoms with E-state index in [1.165, 1.54) is 0 Å². The number of hydrogen-bond acceptors (Lipinski definition) is 4. The van der Waals surface area contributed by atoms with Gasteiger partial charge in [0.25, 0.3) is 5.82 Å². The van der Waals surface area contributed by atoms with Crippen LogP contribution in [0.1, 0.15) is 19.8 Å². The summed E-state index contributed by atoms with van der Waals surface area (Å²) in [7, 11) is -3.67. The highest BCUT2D eigenvalue weighted by Crippen LogP contribution is 2.25. The Bertz CT molecular complexity index is 1260. The first kappa shape index (κ1) is 19.2. The minimum Gasteiger partial charge on any atom is -0.296 e. The zero-order valence-corrected chi connectivity index (χ0v) is 16.9. The Morgan fingerprint density at radius 2 is 1.76 bits per heavy atom. The van der Waals surface area contributed by atoms with Gasteiger partial charge in [-0.05, 0) is 30.7 Å². The molecule has 0 spiro atoms. The summed E-state index contributed by atoms with van der Waals surface area (Å²) in [6.07, 6.45) is 7.86. The minimum absolute atomic E-state index is 0.123. The number of unbranched alkanes of at least 4 members (excludes halogenated alkanes) is 1. The van der Waals surface area contributed by atoms with E-state index in [0.29, 0.717) is 16.9 Å². The molecule has 4 rings (SSSR count). The van der Waals surface area contributed by atoms with E-state index in [-0.39, 0.29) is 10.7 Å². The Kier molecular flexibility index (Phi) is 5.37. The number of imidazole rings is 1. The van der Waals surface area contributed by atoms with E-state index in [4.69, 9.17) is 0 Å². The third-order valence-corrected chi connectivity index (χ3v) is 5.81. The molecule has 0 bridgehead atoms. The van der Waals surface area contributed by atoms with Crippen molar-refractivity contribution in [3.05, 3.63) is 73.3 Å². The summed E-state index contributed by atoms with van der Waals surface area (Å²) in [5.41, 5.74) is 1.31. The first-order valence-electron chi connectivity index (χ1n) is 9.46. The van der Waals surface area contributed by atoms with Crippen molar-refractivity contribution in [1.82, 2.24) is 14.5 Å². The second-order valence-corrected chi connectivity index (χ2v) is 8.32. The monoisotopic (exact) mass is 408 g/mol. The lowest BCUT2D eigenvalue weighted by Crippen LogP contribution is -2.30. The first-order chi connectivity index (χ1) is 14.1. The van der Waals surface area contributed by atoms with Gasteiger partial charge in [-0.2, -0.15) is 4.57 Å². The van der Waals surface area contributed by atoms with Gasteiger partial charge in [-0.3, -0.25) is 4.55 Å². The predicted molar refractivity (Wildman–Crippen MR) is 112 cm³/mol. The number of nitrogens with zero attached hydrogens (tertiary/aromatic N) is 5. The Morgan fingerprint density at radius 3 is 2.48 bits per heavy atom. The van der Waals surface area contributed by atoms with Gasteiger partial charge in [0.15, 0.2) is 10.0 Å². The number of hydrogen-bond donors (Lipinski definition) is 1. The lowest BCUT2D eigenvalue weighted by atomic mass is 10.3. The fraction of sp³-hybridized carbons (Fsp3) is 0.190. The Hall–Kier alpha value is -3.10. The van der Waals surface area contributed by atoms with Crippen LogP contribution >= 0.6 is 0 Å². The summed E-state index contributed by atoms with van der Waals surface area (Å²) in [4.78, 5) is 9.44. The molecule has 0 amide bonds. The van der Waals surface area contributed by atoms with Crippen molar-refractivity contribution in [3.8, 4) is 5.82 Å². The van der Waals surface area contributed by atoms with E-state index in [2.05, 4.69) is 25.8 Å². The molecule has 1 atom stereocenters. The van der Waals surface area contributed by atoms with Gasteiger partial charge in [-0.1, -0.05) is 43.7 Å². The van der Waals surface area contributed by atoms with Crippen molar-refractivity contribution in [2.45, 2.75) is 31.2 Å². The van der Waals surface area contributed by atoms with Crippen molar-refractivity contribution < 1.29 is 13.3 Å². The highest BCUT2D eigenvalue weighted by molar-refractivity contribution is 7.88. The number of benzene rings is 2. The maximum absolute atomic E-state index is 12.9. The Morgan fingerprint density at radius 1 is 1.07 bits per heavy atom. The van der Waals surface area contributed by atoms with Gasteiger partial charge in [0.05, 0.1) is 22.5 Å². The highest BCUT2D eigenvalue weighted by atomic mass is 32.2. The lowest BCUT2D eigenvalue weighted by molar-refractivity contribution is -0.696. The van der Waals surface area contributed by atoms with Gasteiger partial charge in [0.1, 0.15) is 12.4 Å². The molecule has 0 aliphatic carbocycles. The van der Waals surface area contributed by atoms with Gasteiger partial charge in [0, 0.05) is 0 Å². The van der Waals surface area contributed by atoms with Gasteiger partial charge in [-0.25, -0.2) is 18.7 Å². The molecular weight excluding hydrogens is 386 g/mol. The zero-order valence-electron chi connectivity index (χ0n) is 16.0. The van der Waals surface area contributed by atoms with Crippen LogP contribution in [0, 0.1) is 0 Å². The average molecular weight is 409 g/mol. The molecule has 29 heavy (non-hydrogen) atoms. The fourth-order valence-electron chi connectivity index (χ4n) is 2.98. The van der Waals surface area contributed by atoms with E-state index in [0.717, 1.165) is 19.4 Å². The third-order valence-electron chi connectivity index (χ3n) is 4.50. The van der Waals surface area contributed by atoms with Gasteiger partial charge >= 0.3 is 0 Å². The maximum Gasteiger partial charge on any atom is 0.272 e. The number of aromatic nitrogens is 4. The SMILES string of the molecule is CCCC[n+]1ccn(-c2nc3ccccc3nc2N=S(=O)(O)c2ccccc2)c1. The molecule has 0 aliphatic rings. The number of aryl methyl sites for hydroxylation is 1. The Balaban J connectivity index is 1.88. The van der Waals surface area contributed by atoms with E-state index >= 15 is 0 Å². The van der Waals surface area contributed by atoms with Crippen LogP contribution in [0.15, 0.2) is 82.6 Å². The van der Waals surface area contributed by atoms with Crippen molar-refractivity contribution in [2.75, 3.05) is 0 Å². The van der Waals surface area contributed by atoms with Crippen LogP contribution in [0.4, 0.5) is 5.82 Å². The maximum atomic E-state index is 12.9. The molecule has 0 saturated heterocycles. The van der Waals surface area contributed by atoms with Crippen LogP contribution in [-0.4, -0.2) is 23.3 Å². The van der Waals surface area contributed by atoms with Crippen molar-refractivity contribution >= 4 is 26.9 Å². The third kappa shape index (κ3) is 4.18. The second-order valence-electron chi connectivity index (χ2n) is 6.67. The highest BCUT2D eigenvalue weighted by Gasteiger charge is 2.19. The standard InChI is InChI=1S/C21H21N5O2S/c1-2-3-13-25-14-15-26(16-25)21-20(22-18-11-7-8-12-19(18)23-21)24-29(27,28)17-9-5-4-6-10-17/h4-12,14-16H,2-3,13H2,1H3/p+1.